The normalized spacial score (nSPS) is 9.56. The van der Waals surface area contributed by atoms with Crippen molar-refractivity contribution in [2.45, 2.75) is 0 Å². The summed E-state index contributed by atoms with van der Waals surface area (Å²) in [5.74, 6) is 0. The SMILES string of the molecule is O=c1cn[nH]c(Cl)c1Cl. The van der Waals surface area contributed by atoms with E-state index in [4.69, 9.17) is 23.2 Å². The molecule has 0 atom stereocenters. The summed E-state index contributed by atoms with van der Waals surface area (Å²) in [6.07, 6.45) is 1.06. The number of H-pyrrole nitrogens is 1. The van der Waals surface area contributed by atoms with Gasteiger partial charge in [-0.15, -0.1) is 0 Å². The van der Waals surface area contributed by atoms with Gasteiger partial charge < -0.3 is 0 Å². The van der Waals surface area contributed by atoms with Gasteiger partial charge in [0.2, 0.25) is 5.43 Å². The molecule has 1 aromatic rings. The number of rotatable bonds is 0. The Morgan fingerprint density at radius 2 is 2.22 bits per heavy atom. The fourth-order valence-corrected chi connectivity index (χ4v) is 0.594. The van der Waals surface area contributed by atoms with Crippen molar-refractivity contribution in [1.82, 2.24) is 10.2 Å². The van der Waals surface area contributed by atoms with E-state index in [9.17, 15) is 4.79 Å². The summed E-state index contributed by atoms with van der Waals surface area (Å²) in [6, 6.07) is 0. The van der Waals surface area contributed by atoms with Crippen LogP contribution in [0.5, 0.6) is 0 Å². The molecule has 0 fully saturated rings. The van der Waals surface area contributed by atoms with Crippen molar-refractivity contribution in [2.75, 3.05) is 0 Å². The summed E-state index contributed by atoms with van der Waals surface area (Å²) in [7, 11) is 0. The smallest absolute Gasteiger partial charge is 0.220 e. The maximum absolute atomic E-state index is 10.5. The molecule has 48 valence electrons. The Labute approximate surface area is 60.6 Å². The van der Waals surface area contributed by atoms with Crippen LogP contribution < -0.4 is 5.43 Å². The van der Waals surface area contributed by atoms with Crippen molar-refractivity contribution in [1.29, 1.82) is 0 Å². The number of hydrogen-bond donors (Lipinski definition) is 1. The van der Waals surface area contributed by atoms with E-state index in [-0.39, 0.29) is 15.6 Å². The molecule has 1 rings (SSSR count). The molecule has 0 unspecified atom stereocenters. The zero-order valence-electron chi connectivity index (χ0n) is 4.19. The first-order chi connectivity index (χ1) is 4.22. The average molecular weight is 165 g/mol. The third-order valence-electron chi connectivity index (χ3n) is 0.754. The number of nitrogens with zero attached hydrogens (tertiary/aromatic N) is 1. The van der Waals surface area contributed by atoms with Crippen LogP contribution in [0.15, 0.2) is 11.0 Å². The molecule has 0 radical (unpaired) electrons. The second-order valence-corrected chi connectivity index (χ2v) is 2.12. The van der Waals surface area contributed by atoms with Crippen molar-refractivity contribution < 1.29 is 0 Å². The molecular weight excluding hydrogens is 163 g/mol. The van der Waals surface area contributed by atoms with E-state index >= 15 is 0 Å². The topological polar surface area (TPSA) is 45.8 Å². The van der Waals surface area contributed by atoms with Gasteiger partial charge >= 0.3 is 0 Å². The van der Waals surface area contributed by atoms with Crippen LogP contribution >= 0.6 is 23.2 Å². The number of hydrogen-bond acceptors (Lipinski definition) is 2. The zero-order valence-corrected chi connectivity index (χ0v) is 5.70. The van der Waals surface area contributed by atoms with E-state index < -0.39 is 0 Å². The van der Waals surface area contributed by atoms with E-state index in [1.54, 1.807) is 0 Å². The molecule has 0 bridgehead atoms. The minimum atomic E-state index is -0.375. The van der Waals surface area contributed by atoms with Gasteiger partial charge in [-0.25, -0.2) is 0 Å². The largest absolute Gasteiger partial charge is 0.286 e. The molecule has 0 aliphatic carbocycles. The van der Waals surface area contributed by atoms with Crippen LogP contribution in [-0.2, 0) is 0 Å². The Bertz CT molecular complexity index is 270. The average Bonchev–Trinajstić information content (AvgIpc) is 1.83. The third-order valence-corrected chi connectivity index (χ3v) is 1.50. The Morgan fingerprint density at radius 3 is 2.67 bits per heavy atom. The van der Waals surface area contributed by atoms with Crippen molar-refractivity contribution in [3.8, 4) is 0 Å². The predicted octanol–water partition coefficient (Wildman–Crippen LogP) is 1.08. The van der Waals surface area contributed by atoms with Crippen LogP contribution in [0, 0.1) is 0 Å². The highest BCUT2D eigenvalue weighted by Gasteiger charge is 1.98. The minimum absolute atomic E-state index is 0.0216. The lowest BCUT2D eigenvalue weighted by atomic mass is 10.6. The molecule has 0 saturated carbocycles. The number of aromatic amines is 1. The van der Waals surface area contributed by atoms with Gasteiger partial charge in [0.25, 0.3) is 0 Å². The standard InChI is InChI=1S/C4H2Cl2N2O/c5-3-2(9)1-7-8-4(3)6/h1H,(H,8,9). The van der Waals surface area contributed by atoms with E-state index in [0.29, 0.717) is 0 Å². The molecule has 1 aromatic heterocycles. The first-order valence-corrected chi connectivity index (χ1v) is 2.86. The summed E-state index contributed by atoms with van der Waals surface area (Å²) in [6.45, 7) is 0. The Balaban J connectivity index is 3.43. The Morgan fingerprint density at radius 1 is 1.56 bits per heavy atom. The van der Waals surface area contributed by atoms with Gasteiger partial charge in [0.05, 0.1) is 6.20 Å². The summed E-state index contributed by atoms with van der Waals surface area (Å²) in [5.41, 5.74) is -0.375. The van der Waals surface area contributed by atoms with Crippen LogP contribution in [0.25, 0.3) is 0 Å². The second-order valence-electron chi connectivity index (χ2n) is 1.36. The molecule has 9 heavy (non-hydrogen) atoms. The molecule has 0 aliphatic heterocycles. The summed E-state index contributed by atoms with van der Waals surface area (Å²) >= 11 is 10.7. The highest BCUT2D eigenvalue weighted by atomic mass is 35.5. The van der Waals surface area contributed by atoms with Crippen molar-refractivity contribution in [3.05, 3.63) is 26.6 Å². The van der Waals surface area contributed by atoms with Crippen LogP contribution in [-0.4, -0.2) is 10.2 Å². The van der Waals surface area contributed by atoms with Gasteiger partial charge in [-0.3, -0.25) is 9.89 Å². The van der Waals surface area contributed by atoms with Crippen LogP contribution in [0.3, 0.4) is 0 Å². The summed E-state index contributed by atoms with van der Waals surface area (Å²) in [4.78, 5) is 10.5. The maximum Gasteiger partial charge on any atom is 0.220 e. The lowest BCUT2D eigenvalue weighted by Gasteiger charge is -1.88. The molecule has 0 aromatic carbocycles. The number of nitrogens with one attached hydrogen (secondary N) is 1. The maximum atomic E-state index is 10.5. The van der Waals surface area contributed by atoms with Gasteiger partial charge in [-0.2, -0.15) is 5.10 Å². The highest BCUT2D eigenvalue weighted by Crippen LogP contribution is 2.10. The van der Waals surface area contributed by atoms with Crippen LogP contribution in [0.2, 0.25) is 10.2 Å². The quantitative estimate of drug-likeness (QED) is 0.624. The first kappa shape index (κ1) is 6.58. The molecular formula is C4H2Cl2N2O. The molecule has 1 heterocycles. The summed E-state index contributed by atoms with van der Waals surface area (Å²) < 4.78 is 0. The molecule has 0 saturated heterocycles. The zero-order chi connectivity index (χ0) is 6.85. The Hall–Kier alpha value is -0.540. The summed E-state index contributed by atoms with van der Waals surface area (Å²) in [5, 5.41) is 5.77. The van der Waals surface area contributed by atoms with Crippen molar-refractivity contribution >= 4 is 23.2 Å². The van der Waals surface area contributed by atoms with Crippen molar-refractivity contribution in [3.63, 3.8) is 0 Å². The third kappa shape index (κ3) is 1.23. The van der Waals surface area contributed by atoms with Gasteiger partial charge in [0, 0.05) is 0 Å². The van der Waals surface area contributed by atoms with Crippen LogP contribution in [0.1, 0.15) is 0 Å². The molecule has 5 heteroatoms. The molecule has 0 amide bonds. The van der Waals surface area contributed by atoms with Gasteiger partial charge in [0.1, 0.15) is 10.2 Å². The van der Waals surface area contributed by atoms with E-state index in [1.807, 2.05) is 0 Å². The Kier molecular flexibility index (Phi) is 1.73. The van der Waals surface area contributed by atoms with Gasteiger partial charge in [-0.1, -0.05) is 23.2 Å². The van der Waals surface area contributed by atoms with Crippen molar-refractivity contribution in [2.24, 2.45) is 0 Å². The van der Waals surface area contributed by atoms with E-state index in [1.165, 1.54) is 0 Å². The van der Waals surface area contributed by atoms with Gasteiger partial charge in [0.15, 0.2) is 0 Å². The van der Waals surface area contributed by atoms with E-state index in [0.717, 1.165) is 6.20 Å². The highest BCUT2D eigenvalue weighted by molar-refractivity contribution is 6.40. The number of halogens is 2. The lowest BCUT2D eigenvalue weighted by Crippen LogP contribution is -2.02. The lowest BCUT2D eigenvalue weighted by molar-refractivity contribution is 1.02. The van der Waals surface area contributed by atoms with Gasteiger partial charge in [-0.05, 0) is 0 Å². The molecule has 0 aliphatic rings. The number of aromatic nitrogens is 2. The van der Waals surface area contributed by atoms with E-state index in [2.05, 4.69) is 10.2 Å². The van der Waals surface area contributed by atoms with Crippen LogP contribution in [0.4, 0.5) is 0 Å². The monoisotopic (exact) mass is 164 g/mol. The molecule has 0 spiro atoms. The fraction of sp³-hybridized carbons (Fsp3) is 0. The molecule has 3 nitrogen and oxygen atoms in total. The molecule has 1 N–H and O–H groups in total. The second kappa shape index (κ2) is 2.37. The minimum Gasteiger partial charge on any atom is -0.286 e. The predicted molar refractivity (Wildman–Crippen MR) is 34.9 cm³/mol. The fourth-order valence-electron chi connectivity index (χ4n) is 0.361. The first-order valence-electron chi connectivity index (χ1n) is 2.10.